The Bertz CT molecular complexity index is 811. The van der Waals surface area contributed by atoms with Crippen molar-refractivity contribution in [3.05, 3.63) is 50.5 Å². The van der Waals surface area contributed by atoms with Gasteiger partial charge >= 0.3 is 0 Å². The fraction of sp³-hybridized carbons (Fsp3) is 0.550. The van der Waals surface area contributed by atoms with E-state index in [2.05, 4.69) is 20.5 Å². The highest BCUT2D eigenvalue weighted by atomic mass is 16.2. The van der Waals surface area contributed by atoms with Gasteiger partial charge in [0.1, 0.15) is 11.4 Å². The molecule has 0 saturated carbocycles. The quantitative estimate of drug-likeness (QED) is 0.773. The molecule has 1 aromatic carbocycles. The van der Waals surface area contributed by atoms with Crippen molar-refractivity contribution in [2.24, 2.45) is 5.92 Å². The van der Waals surface area contributed by atoms with Gasteiger partial charge in [0.15, 0.2) is 0 Å². The Labute approximate surface area is 153 Å². The zero-order chi connectivity index (χ0) is 17.9. The van der Waals surface area contributed by atoms with Crippen LogP contribution in [0.1, 0.15) is 37.7 Å². The average molecular weight is 354 g/mol. The second-order valence-electron chi connectivity index (χ2n) is 7.50. The lowest BCUT2D eigenvalue weighted by Gasteiger charge is -2.44. The number of pyridine rings is 1. The van der Waals surface area contributed by atoms with Crippen molar-refractivity contribution in [3.8, 4) is 0 Å². The van der Waals surface area contributed by atoms with E-state index < -0.39 is 10.9 Å². The van der Waals surface area contributed by atoms with Gasteiger partial charge in [0.2, 0.25) is 0 Å². The summed E-state index contributed by atoms with van der Waals surface area (Å²) in [6.45, 7) is 3.71. The molecule has 6 heteroatoms. The average Bonchev–Trinajstić information content (AvgIpc) is 2.70. The molecule has 0 amide bonds. The summed E-state index contributed by atoms with van der Waals surface area (Å²) in [6.07, 6.45) is 9.72. The standard InChI is InChI=1S/C20H26N4O2/c25-19-17(22-12-14-6-8-21-9-7-14)18(20(19)26)23-13-15-4-3-11-24-10-2-1-5-16(15)24/h6-9,15-16,22-23H,1-5,10-13H2. The van der Waals surface area contributed by atoms with E-state index in [9.17, 15) is 9.59 Å². The third-order valence-corrected chi connectivity index (χ3v) is 5.90. The Morgan fingerprint density at radius 1 is 0.962 bits per heavy atom. The molecule has 138 valence electrons. The molecule has 2 atom stereocenters. The number of aromatic nitrogens is 1. The number of hydrogen-bond donors (Lipinski definition) is 2. The first-order valence-electron chi connectivity index (χ1n) is 9.68. The van der Waals surface area contributed by atoms with Gasteiger partial charge in [0, 0.05) is 31.5 Å². The van der Waals surface area contributed by atoms with Gasteiger partial charge in [-0.15, -0.1) is 0 Å². The van der Waals surface area contributed by atoms with E-state index in [1.165, 1.54) is 45.2 Å². The van der Waals surface area contributed by atoms with Gasteiger partial charge in [-0.1, -0.05) is 6.42 Å². The predicted octanol–water partition coefficient (Wildman–Crippen LogP) is 1.97. The third kappa shape index (κ3) is 3.38. The lowest BCUT2D eigenvalue weighted by Crippen LogP contribution is -2.50. The SMILES string of the molecule is O=c1c(NCc2ccncc2)c(NCC2CCCN3CCCCC23)c1=O. The summed E-state index contributed by atoms with van der Waals surface area (Å²) >= 11 is 0. The number of nitrogens with one attached hydrogen (secondary N) is 2. The first kappa shape index (κ1) is 17.2. The van der Waals surface area contributed by atoms with Crippen molar-refractivity contribution in [2.45, 2.75) is 44.7 Å². The van der Waals surface area contributed by atoms with Gasteiger partial charge in [-0.3, -0.25) is 14.6 Å². The van der Waals surface area contributed by atoms with Crippen molar-refractivity contribution in [2.75, 3.05) is 30.3 Å². The van der Waals surface area contributed by atoms with Crippen LogP contribution in [0.2, 0.25) is 0 Å². The predicted molar refractivity (Wildman–Crippen MR) is 103 cm³/mol. The monoisotopic (exact) mass is 354 g/mol. The van der Waals surface area contributed by atoms with Crippen molar-refractivity contribution >= 4 is 11.4 Å². The maximum Gasteiger partial charge on any atom is 0.253 e. The molecule has 3 heterocycles. The molecular formula is C20H26N4O2. The molecule has 6 nitrogen and oxygen atoms in total. The van der Waals surface area contributed by atoms with Gasteiger partial charge in [-0.25, -0.2) is 0 Å². The van der Waals surface area contributed by atoms with Crippen molar-refractivity contribution in [1.82, 2.24) is 9.88 Å². The highest BCUT2D eigenvalue weighted by Crippen LogP contribution is 2.31. The van der Waals surface area contributed by atoms with E-state index in [0.717, 1.165) is 12.1 Å². The van der Waals surface area contributed by atoms with Crippen molar-refractivity contribution < 1.29 is 0 Å². The van der Waals surface area contributed by atoms with Gasteiger partial charge in [-0.2, -0.15) is 0 Å². The molecule has 26 heavy (non-hydrogen) atoms. The summed E-state index contributed by atoms with van der Waals surface area (Å²) in [5, 5.41) is 6.41. The van der Waals surface area contributed by atoms with Gasteiger partial charge in [0.25, 0.3) is 10.9 Å². The number of piperidine rings is 2. The second kappa shape index (κ2) is 7.58. The topological polar surface area (TPSA) is 74.3 Å². The fourth-order valence-electron chi connectivity index (χ4n) is 4.47. The Morgan fingerprint density at radius 2 is 1.69 bits per heavy atom. The molecule has 2 saturated heterocycles. The summed E-state index contributed by atoms with van der Waals surface area (Å²) in [5.74, 6) is 0.557. The summed E-state index contributed by atoms with van der Waals surface area (Å²) in [6, 6.07) is 4.42. The van der Waals surface area contributed by atoms with Crippen LogP contribution in [0.4, 0.5) is 11.4 Å². The normalized spacial score (nSPS) is 23.5. The number of fused-ring (bicyclic) bond motifs is 1. The molecule has 2 aliphatic heterocycles. The van der Waals surface area contributed by atoms with Crippen LogP contribution in [0.5, 0.6) is 0 Å². The maximum absolute atomic E-state index is 12.0. The molecule has 0 radical (unpaired) electrons. The summed E-state index contributed by atoms with van der Waals surface area (Å²) in [5.41, 5.74) is 1.13. The number of hydrogen-bond acceptors (Lipinski definition) is 6. The van der Waals surface area contributed by atoms with E-state index in [1.807, 2.05) is 12.1 Å². The minimum Gasteiger partial charge on any atom is -0.380 e. The summed E-state index contributed by atoms with van der Waals surface area (Å²) in [7, 11) is 0. The Kier molecular flexibility index (Phi) is 5.02. The minimum atomic E-state index is -0.413. The van der Waals surface area contributed by atoms with Crippen LogP contribution in [0.15, 0.2) is 34.1 Å². The van der Waals surface area contributed by atoms with Crippen LogP contribution in [0, 0.1) is 5.92 Å². The van der Waals surface area contributed by atoms with Crippen LogP contribution >= 0.6 is 0 Å². The van der Waals surface area contributed by atoms with E-state index in [4.69, 9.17) is 0 Å². The van der Waals surface area contributed by atoms with Gasteiger partial charge in [0.05, 0.1) is 0 Å². The first-order chi connectivity index (χ1) is 12.7. The lowest BCUT2D eigenvalue weighted by molar-refractivity contribution is 0.0649. The van der Waals surface area contributed by atoms with Crippen LogP contribution in [-0.4, -0.2) is 35.6 Å². The molecule has 2 aromatic rings. The van der Waals surface area contributed by atoms with Crippen molar-refractivity contribution in [3.63, 3.8) is 0 Å². The summed E-state index contributed by atoms with van der Waals surface area (Å²) in [4.78, 5) is 30.6. The molecule has 0 aliphatic carbocycles. The van der Waals surface area contributed by atoms with Gasteiger partial charge < -0.3 is 15.5 Å². The zero-order valence-electron chi connectivity index (χ0n) is 15.0. The number of nitrogens with zero attached hydrogens (tertiary/aromatic N) is 2. The smallest absolute Gasteiger partial charge is 0.253 e. The number of rotatable bonds is 6. The van der Waals surface area contributed by atoms with Crippen molar-refractivity contribution in [1.29, 1.82) is 0 Å². The van der Waals surface area contributed by atoms with Crippen LogP contribution in [0.25, 0.3) is 0 Å². The molecule has 2 fully saturated rings. The first-order valence-corrected chi connectivity index (χ1v) is 9.68. The van der Waals surface area contributed by atoms with Gasteiger partial charge in [-0.05, 0) is 62.4 Å². The molecule has 2 aliphatic rings. The van der Waals surface area contributed by atoms with E-state index in [1.54, 1.807) is 12.4 Å². The third-order valence-electron chi connectivity index (χ3n) is 5.90. The molecule has 1 aromatic heterocycles. The fourth-order valence-corrected chi connectivity index (χ4v) is 4.47. The Morgan fingerprint density at radius 3 is 2.50 bits per heavy atom. The molecule has 0 bridgehead atoms. The highest BCUT2D eigenvalue weighted by Gasteiger charge is 2.33. The molecule has 2 unspecified atom stereocenters. The van der Waals surface area contributed by atoms with E-state index in [-0.39, 0.29) is 0 Å². The maximum atomic E-state index is 12.0. The summed E-state index contributed by atoms with van der Waals surface area (Å²) < 4.78 is 0. The lowest BCUT2D eigenvalue weighted by atomic mass is 9.83. The highest BCUT2D eigenvalue weighted by molar-refractivity contribution is 5.74. The molecular weight excluding hydrogens is 328 g/mol. The van der Waals surface area contributed by atoms with Crippen LogP contribution in [-0.2, 0) is 6.54 Å². The van der Waals surface area contributed by atoms with E-state index >= 15 is 0 Å². The number of anilines is 2. The molecule has 0 spiro atoms. The van der Waals surface area contributed by atoms with Crippen LogP contribution in [0.3, 0.4) is 0 Å². The van der Waals surface area contributed by atoms with E-state index in [0.29, 0.717) is 29.9 Å². The zero-order valence-corrected chi connectivity index (χ0v) is 15.0. The Hall–Kier alpha value is -2.21. The largest absolute Gasteiger partial charge is 0.380 e. The minimum absolute atomic E-state index is 0.390. The molecule has 4 rings (SSSR count). The molecule has 2 N–H and O–H groups in total. The Balaban J connectivity index is 1.38. The van der Waals surface area contributed by atoms with Crippen LogP contribution < -0.4 is 21.5 Å². The second-order valence-corrected chi connectivity index (χ2v) is 7.50.